The van der Waals surface area contributed by atoms with Gasteiger partial charge in [0.2, 0.25) is 5.88 Å². The largest absolute Gasteiger partial charge is 0.481 e. The molecular formula is C13H20N2O3. The van der Waals surface area contributed by atoms with Crippen LogP contribution in [0.2, 0.25) is 0 Å². The molecule has 0 unspecified atom stereocenters. The van der Waals surface area contributed by atoms with Crippen LogP contribution >= 0.6 is 0 Å². The minimum absolute atomic E-state index is 0.576. The first-order chi connectivity index (χ1) is 8.45. The van der Waals surface area contributed by atoms with Crippen LogP contribution in [0.1, 0.15) is 26.0 Å². The highest BCUT2D eigenvalue weighted by molar-refractivity contribution is 5.73. The summed E-state index contributed by atoms with van der Waals surface area (Å²) in [5.74, 6) is -0.191. The fraction of sp³-hybridized carbons (Fsp3) is 0.538. The van der Waals surface area contributed by atoms with E-state index in [0.717, 1.165) is 5.69 Å². The maximum Gasteiger partial charge on any atom is 0.309 e. The van der Waals surface area contributed by atoms with E-state index >= 15 is 0 Å². The van der Waals surface area contributed by atoms with E-state index < -0.39 is 11.4 Å². The maximum atomic E-state index is 10.9. The van der Waals surface area contributed by atoms with Gasteiger partial charge in [0.1, 0.15) is 0 Å². The van der Waals surface area contributed by atoms with E-state index in [4.69, 9.17) is 9.84 Å². The Morgan fingerprint density at radius 2 is 2.22 bits per heavy atom. The monoisotopic (exact) mass is 252 g/mol. The Labute approximate surface area is 107 Å². The molecule has 1 rings (SSSR count). The van der Waals surface area contributed by atoms with Crippen molar-refractivity contribution in [3.05, 3.63) is 23.9 Å². The molecule has 0 aliphatic carbocycles. The summed E-state index contributed by atoms with van der Waals surface area (Å²) in [4.78, 5) is 15.2. The van der Waals surface area contributed by atoms with E-state index in [0.29, 0.717) is 25.4 Å². The van der Waals surface area contributed by atoms with Gasteiger partial charge in [-0.15, -0.1) is 0 Å². The lowest BCUT2D eigenvalue weighted by Crippen LogP contribution is -2.29. The van der Waals surface area contributed by atoms with Crippen LogP contribution in [0.5, 0.6) is 5.88 Å². The van der Waals surface area contributed by atoms with Crippen molar-refractivity contribution in [1.82, 2.24) is 10.3 Å². The number of hydrogen-bond acceptors (Lipinski definition) is 4. The van der Waals surface area contributed by atoms with Gasteiger partial charge in [-0.25, -0.2) is 4.98 Å². The van der Waals surface area contributed by atoms with Crippen LogP contribution in [0.25, 0.3) is 0 Å². The van der Waals surface area contributed by atoms with E-state index in [2.05, 4.69) is 10.3 Å². The number of aliphatic carboxylic acids is 1. The van der Waals surface area contributed by atoms with Crippen molar-refractivity contribution in [2.24, 2.45) is 5.41 Å². The number of ether oxygens (including phenoxy) is 1. The van der Waals surface area contributed by atoms with Gasteiger partial charge in [0.25, 0.3) is 0 Å². The molecule has 1 aromatic rings. The molecule has 0 amide bonds. The third-order valence-electron chi connectivity index (χ3n) is 2.80. The van der Waals surface area contributed by atoms with Gasteiger partial charge < -0.3 is 15.2 Å². The predicted molar refractivity (Wildman–Crippen MR) is 68.5 cm³/mol. The molecule has 2 N–H and O–H groups in total. The number of nitrogens with zero attached hydrogens (tertiary/aromatic N) is 1. The molecular weight excluding hydrogens is 232 g/mol. The molecule has 0 spiro atoms. The van der Waals surface area contributed by atoms with E-state index in [1.165, 1.54) is 0 Å². The van der Waals surface area contributed by atoms with Gasteiger partial charge in [0.15, 0.2) is 0 Å². The van der Waals surface area contributed by atoms with Crippen molar-refractivity contribution in [1.29, 1.82) is 0 Å². The number of methoxy groups -OCH3 is 1. The average molecular weight is 252 g/mol. The number of pyridine rings is 1. The second kappa shape index (κ2) is 6.35. The van der Waals surface area contributed by atoms with Crippen LogP contribution in [0.4, 0.5) is 0 Å². The Hall–Kier alpha value is -1.62. The first-order valence-corrected chi connectivity index (χ1v) is 5.90. The summed E-state index contributed by atoms with van der Waals surface area (Å²) in [6.45, 7) is 4.69. The van der Waals surface area contributed by atoms with E-state index in [1.807, 2.05) is 12.1 Å². The number of aromatic nitrogens is 1. The molecule has 0 atom stereocenters. The molecule has 0 aliphatic rings. The molecule has 5 nitrogen and oxygen atoms in total. The molecule has 0 saturated carbocycles. The molecule has 0 fully saturated rings. The molecule has 0 saturated heterocycles. The number of rotatable bonds is 7. The van der Waals surface area contributed by atoms with Crippen LogP contribution in [0, 0.1) is 5.41 Å². The second-order valence-corrected chi connectivity index (χ2v) is 4.79. The van der Waals surface area contributed by atoms with Gasteiger partial charge in [-0.1, -0.05) is 6.07 Å². The number of carboxylic acid groups (broad SMARTS) is 1. The Balaban J connectivity index is 2.36. The third kappa shape index (κ3) is 4.33. The Morgan fingerprint density at radius 1 is 1.50 bits per heavy atom. The smallest absolute Gasteiger partial charge is 0.309 e. The van der Waals surface area contributed by atoms with Gasteiger partial charge >= 0.3 is 5.97 Å². The van der Waals surface area contributed by atoms with E-state index in [9.17, 15) is 4.79 Å². The molecule has 0 bridgehead atoms. The summed E-state index contributed by atoms with van der Waals surface area (Å²) in [5, 5.41) is 12.2. The molecule has 0 aliphatic heterocycles. The first-order valence-electron chi connectivity index (χ1n) is 5.90. The third-order valence-corrected chi connectivity index (χ3v) is 2.80. The zero-order valence-corrected chi connectivity index (χ0v) is 11.1. The van der Waals surface area contributed by atoms with Crippen LogP contribution in [-0.2, 0) is 11.3 Å². The predicted octanol–water partition coefficient (Wildman–Crippen LogP) is 1.68. The van der Waals surface area contributed by atoms with Gasteiger partial charge in [-0.05, 0) is 32.9 Å². The van der Waals surface area contributed by atoms with E-state index in [1.54, 1.807) is 27.0 Å². The molecule has 0 aromatic carbocycles. The Kier molecular flexibility index (Phi) is 5.09. The Bertz CT molecular complexity index is 405. The molecule has 0 radical (unpaired) electrons. The van der Waals surface area contributed by atoms with Gasteiger partial charge in [0, 0.05) is 12.6 Å². The van der Waals surface area contributed by atoms with Crippen LogP contribution in [0.15, 0.2) is 18.2 Å². The fourth-order valence-electron chi connectivity index (χ4n) is 1.39. The fourth-order valence-corrected chi connectivity index (χ4v) is 1.39. The lowest BCUT2D eigenvalue weighted by Gasteiger charge is -2.18. The summed E-state index contributed by atoms with van der Waals surface area (Å²) in [7, 11) is 1.58. The zero-order valence-electron chi connectivity index (χ0n) is 11.1. The molecule has 100 valence electrons. The topological polar surface area (TPSA) is 71.5 Å². The summed E-state index contributed by atoms with van der Waals surface area (Å²) in [6.07, 6.45) is 0.576. The standard InChI is InChI=1S/C13H20N2O3/c1-13(2,12(16)17)7-8-14-9-10-5-4-6-11(15-10)18-3/h4-6,14H,7-9H2,1-3H3,(H,16,17). The van der Waals surface area contributed by atoms with Crippen molar-refractivity contribution in [2.75, 3.05) is 13.7 Å². The number of carbonyl (C=O) groups is 1. The van der Waals surface area contributed by atoms with Gasteiger partial charge in [-0.3, -0.25) is 4.79 Å². The molecule has 1 heterocycles. The number of hydrogen-bond donors (Lipinski definition) is 2. The highest BCUT2D eigenvalue weighted by Gasteiger charge is 2.25. The van der Waals surface area contributed by atoms with Crippen LogP contribution < -0.4 is 10.1 Å². The number of carboxylic acids is 1. The number of nitrogens with one attached hydrogen (secondary N) is 1. The average Bonchev–Trinajstić information content (AvgIpc) is 2.35. The van der Waals surface area contributed by atoms with Crippen molar-refractivity contribution >= 4 is 5.97 Å². The second-order valence-electron chi connectivity index (χ2n) is 4.79. The molecule has 1 aromatic heterocycles. The maximum absolute atomic E-state index is 10.9. The minimum atomic E-state index is -0.774. The Morgan fingerprint density at radius 3 is 2.83 bits per heavy atom. The first kappa shape index (κ1) is 14.4. The highest BCUT2D eigenvalue weighted by atomic mass is 16.5. The highest BCUT2D eigenvalue weighted by Crippen LogP contribution is 2.19. The molecule has 5 heteroatoms. The summed E-state index contributed by atoms with van der Waals surface area (Å²) in [5.41, 5.74) is 0.178. The summed E-state index contributed by atoms with van der Waals surface area (Å²) >= 11 is 0. The van der Waals surface area contributed by atoms with Crippen LogP contribution in [0.3, 0.4) is 0 Å². The van der Waals surface area contributed by atoms with Crippen molar-refractivity contribution < 1.29 is 14.6 Å². The van der Waals surface area contributed by atoms with E-state index in [-0.39, 0.29) is 0 Å². The van der Waals surface area contributed by atoms with Gasteiger partial charge in [0.05, 0.1) is 18.2 Å². The van der Waals surface area contributed by atoms with Gasteiger partial charge in [-0.2, -0.15) is 0 Å². The molecule has 18 heavy (non-hydrogen) atoms. The summed E-state index contributed by atoms with van der Waals surface area (Å²) in [6, 6.07) is 5.57. The van der Waals surface area contributed by atoms with Crippen molar-refractivity contribution in [2.45, 2.75) is 26.8 Å². The SMILES string of the molecule is COc1cccc(CNCCC(C)(C)C(=O)O)n1. The lowest BCUT2D eigenvalue weighted by molar-refractivity contribution is -0.147. The lowest BCUT2D eigenvalue weighted by atomic mass is 9.90. The quantitative estimate of drug-likeness (QED) is 0.722. The summed E-state index contributed by atoms with van der Waals surface area (Å²) < 4.78 is 5.03. The minimum Gasteiger partial charge on any atom is -0.481 e. The zero-order chi connectivity index (χ0) is 13.6. The normalized spacial score (nSPS) is 11.3. The van der Waals surface area contributed by atoms with Crippen LogP contribution in [-0.4, -0.2) is 29.7 Å². The van der Waals surface area contributed by atoms with Crippen molar-refractivity contribution in [3.8, 4) is 5.88 Å². The van der Waals surface area contributed by atoms with Crippen molar-refractivity contribution in [3.63, 3.8) is 0 Å².